The fourth-order valence-electron chi connectivity index (χ4n) is 4.09. The van der Waals surface area contributed by atoms with Crippen LogP contribution in [-0.4, -0.2) is 58.5 Å². The highest BCUT2D eigenvalue weighted by Gasteiger charge is 2.24. The van der Waals surface area contributed by atoms with Crippen LogP contribution in [0, 0.1) is 13.8 Å². The first-order valence-electron chi connectivity index (χ1n) is 10.5. The van der Waals surface area contributed by atoms with Gasteiger partial charge in [0.1, 0.15) is 5.69 Å². The summed E-state index contributed by atoms with van der Waals surface area (Å²) >= 11 is 0. The lowest BCUT2D eigenvalue weighted by molar-refractivity contribution is 0.0958. The minimum absolute atomic E-state index is 0.0537. The maximum atomic E-state index is 12.1. The molecule has 3 aromatic heterocycles. The third-order valence-corrected chi connectivity index (χ3v) is 6.17. The molecule has 1 aliphatic rings. The summed E-state index contributed by atoms with van der Waals surface area (Å²) in [6, 6.07) is 6.09. The third-order valence-electron chi connectivity index (χ3n) is 6.17. The number of nitrogens with zero attached hydrogens (tertiary/aromatic N) is 4. The zero-order valence-corrected chi connectivity index (χ0v) is 18.4. The van der Waals surface area contributed by atoms with E-state index in [2.05, 4.69) is 37.0 Å². The molecule has 0 radical (unpaired) electrons. The highest BCUT2D eigenvalue weighted by atomic mass is 16.1. The lowest BCUT2D eigenvalue weighted by Gasteiger charge is -2.41. The second kappa shape index (κ2) is 8.47. The molecule has 0 bridgehead atoms. The Bertz CT molecular complexity index is 1170. The van der Waals surface area contributed by atoms with Gasteiger partial charge >= 0.3 is 0 Å². The normalized spacial score (nSPS) is 17.2. The fraction of sp³-hybridized carbons (Fsp3) is 0.391. The molecule has 162 valence electrons. The number of aromatic amines is 1. The molecule has 4 heterocycles. The van der Waals surface area contributed by atoms with E-state index in [0.717, 1.165) is 59.6 Å². The van der Waals surface area contributed by atoms with Crippen molar-refractivity contribution in [2.45, 2.75) is 33.4 Å². The van der Waals surface area contributed by atoms with Crippen molar-refractivity contribution in [3.05, 3.63) is 63.3 Å². The number of amides is 1. The van der Waals surface area contributed by atoms with Gasteiger partial charge in [-0.25, -0.2) is 4.98 Å². The van der Waals surface area contributed by atoms with E-state index >= 15 is 0 Å². The number of carbonyl (C=O) groups excluding carboxylic acids is 1. The average molecular weight is 421 g/mol. The quantitative estimate of drug-likeness (QED) is 0.671. The standard InChI is InChI=1S/C23H28N6O2/c1-14-12-29(18-5-6-19(25-11-18)23(31)24-4)8-7-28(14)13-17-9-20-21(26-10-17)15(2)16(3)22(30)27-20/h5-6,9-11,14H,7-8,12-13H2,1-4H3,(H,24,31)(H,27,30)/t14-/m1/s1. The smallest absolute Gasteiger partial charge is 0.269 e. The summed E-state index contributed by atoms with van der Waals surface area (Å²) in [5, 5.41) is 2.59. The van der Waals surface area contributed by atoms with Gasteiger partial charge in [0.25, 0.3) is 11.5 Å². The van der Waals surface area contributed by atoms with Crippen molar-refractivity contribution < 1.29 is 4.79 Å². The van der Waals surface area contributed by atoms with E-state index in [0.29, 0.717) is 11.7 Å². The summed E-state index contributed by atoms with van der Waals surface area (Å²) in [5.41, 5.74) is 5.77. The van der Waals surface area contributed by atoms with Gasteiger partial charge in [-0.2, -0.15) is 0 Å². The Labute approximate surface area is 181 Å². The molecule has 31 heavy (non-hydrogen) atoms. The lowest BCUT2D eigenvalue weighted by atomic mass is 10.1. The fourth-order valence-corrected chi connectivity index (χ4v) is 4.09. The van der Waals surface area contributed by atoms with E-state index in [9.17, 15) is 9.59 Å². The monoisotopic (exact) mass is 420 g/mol. The molecule has 1 saturated heterocycles. The molecule has 0 unspecified atom stereocenters. The van der Waals surface area contributed by atoms with E-state index in [1.807, 2.05) is 32.2 Å². The maximum Gasteiger partial charge on any atom is 0.269 e. The topological polar surface area (TPSA) is 94.2 Å². The Morgan fingerprint density at radius 3 is 2.68 bits per heavy atom. The molecule has 1 amide bonds. The summed E-state index contributed by atoms with van der Waals surface area (Å²) in [7, 11) is 1.60. The molecule has 1 fully saturated rings. The number of piperazine rings is 1. The summed E-state index contributed by atoms with van der Waals surface area (Å²) in [6.07, 6.45) is 3.68. The highest BCUT2D eigenvalue weighted by molar-refractivity contribution is 5.92. The van der Waals surface area contributed by atoms with Gasteiger partial charge in [-0.15, -0.1) is 0 Å². The van der Waals surface area contributed by atoms with Crippen LogP contribution in [0.1, 0.15) is 34.1 Å². The second-order valence-electron chi connectivity index (χ2n) is 8.19. The number of aromatic nitrogens is 3. The average Bonchev–Trinajstić information content (AvgIpc) is 2.78. The predicted octanol–water partition coefficient (Wildman–Crippen LogP) is 2.01. The number of H-pyrrole nitrogens is 1. The Hall–Kier alpha value is -3.26. The van der Waals surface area contributed by atoms with Gasteiger partial charge < -0.3 is 15.2 Å². The van der Waals surface area contributed by atoms with Crippen molar-refractivity contribution in [2.75, 3.05) is 31.6 Å². The van der Waals surface area contributed by atoms with Gasteiger partial charge in [0.05, 0.1) is 22.9 Å². The zero-order chi connectivity index (χ0) is 22.1. The first kappa shape index (κ1) is 21.0. The van der Waals surface area contributed by atoms with Crippen LogP contribution in [0.25, 0.3) is 11.0 Å². The number of hydrogen-bond acceptors (Lipinski definition) is 6. The Morgan fingerprint density at radius 1 is 1.19 bits per heavy atom. The summed E-state index contributed by atoms with van der Waals surface area (Å²) in [6.45, 7) is 9.41. The molecule has 0 aliphatic carbocycles. The highest BCUT2D eigenvalue weighted by Crippen LogP contribution is 2.22. The van der Waals surface area contributed by atoms with Crippen LogP contribution >= 0.6 is 0 Å². The number of carbonyl (C=O) groups is 1. The van der Waals surface area contributed by atoms with Gasteiger partial charge in [0, 0.05) is 51.0 Å². The van der Waals surface area contributed by atoms with Crippen LogP contribution in [0.2, 0.25) is 0 Å². The van der Waals surface area contributed by atoms with Gasteiger partial charge in [-0.1, -0.05) is 0 Å². The molecule has 4 rings (SSSR count). The minimum atomic E-state index is -0.180. The van der Waals surface area contributed by atoms with E-state index in [4.69, 9.17) is 0 Å². The van der Waals surface area contributed by atoms with Crippen LogP contribution in [-0.2, 0) is 6.54 Å². The van der Waals surface area contributed by atoms with Crippen LogP contribution in [0.4, 0.5) is 5.69 Å². The molecule has 1 atom stereocenters. The van der Waals surface area contributed by atoms with Crippen LogP contribution in [0.5, 0.6) is 0 Å². The van der Waals surface area contributed by atoms with Crippen LogP contribution in [0.3, 0.4) is 0 Å². The van der Waals surface area contributed by atoms with Crippen molar-refractivity contribution >= 4 is 22.6 Å². The number of fused-ring (bicyclic) bond motifs is 1. The van der Waals surface area contributed by atoms with E-state index < -0.39 is 0 Å². The summed E-state index contributed by atoms with van der Waals surface area (Å²) < 4.78 is 0. The van der Waals surface area contributed by atoms with Crippen molar-refractivity contribution in [3.63, 3.8) is 0 Å². The zero-order valence-electron chi connectivity index (χ0n) is 18.4. The number of rotatable bonds is 4. The molecule has 1 aliphatic heterocycles. The number of pyridine rings is 3. The van der Waals surface area contributed by atoms with Crippen molar-refractivity contribution in [1.82, 2.24) is 25.2 Å². The number of nitrogens with one attached hydrogen (secondary N) is 2. The van der Waals surface area contributed by atoms with Crippen LogP contribution in [0.15, 0.2) is 35.4 Å². The lowest BCUT2D eigenvalue weighted by Crippen LogP contribution is -2.51. The molecular weight excluding hydrogens is 392 g/mol. The van der Waals surface area contributed by atoms with Gasteiger partial charge in [0.15, 0.2) is 0 Å². The maximum absolute atomic E-state index is 12.1. The molecule has 0 aromatic carbocycles. The van der Waals surface area contributed by atoms with Crippen molar-refractivity contribution in [3.8, 4) is 0 Å². The number of anilines is 1. The second-order valence-corrected chi connectivity index (χ2v) is 8.19. The van der Waals surface area contributed by atoms with Gasteiger partial charge in [-0.05, 0) is 50.1 Å². The van der Waals surface area contributed by atoms with E-state index in [1.54, 1.807) is 19.3 Å². The van der Waals surface area contributed by atoms with Crippen LogP contribution < -0.4 is 15.8 Å². The Morgan fingerprint density at radius 2 is 2.00 bits per heavy atom. The van der Waals surface area contributed by atoms with Crippen molar-refractivity contribution in [2.24, 2.45) is 0 Å². The SMILES string of the molecule is CNC(=O)c1ccc(N2CCN(Cc3cnc4c(C)c(C)c(=O)[nH]c4c3)[C@H](C)C2)cn1. The predicted molar refractivity (Wildman–Crippen MR) is 122 cm³/mol. The first-order valence-corrected chi connectivity index (χ1v) is 10.5. The molecule has 8 nitrogen and oxygen atoms in total. The number of aryl methyl sites for hydroxylation is 1. The molecule has 0 spiro atoms. The Balaban J connectivity index is 1.45. The van der Waals surface area contributed by atoms with Gasteiger partial charge in [0.2, 0.25) is 0 Å². The van der Waals surface area contributed by atoms with E-state index in [-0.39, 0.29) is 11.5 Å². The minimum Gasteiger partial charge on any atom is -0.367 e. The molecular formula is C23H28N6O2. The molecule has 2 N–H and O–H groups in total. The number of hydrogen-bond donors (Lipinski definition) is 2. The molecule has 0 saturated carbocycles. The third kappa shape index (κ3) is 4.16. The Kier molecular flexibility index (Phi) is 5.73. The van der Waals surface area contributed by atoms with E-state index in [1.165, 1.54) is 0 Å². The largest absolute Gasteiger partial charge is 0.367 e. The van der Waals surface area contributed by atoms with Crippen molar-refractivity contribution in [1.29, 1.82) is 0 Å². The summed E-state index contributed by atoms with van der Waals surface area (Å²) in [5.74, 6) is -0.180. The summed E-state index contributed by atoms with van der Waals surface area (Å²) in [4.78, 5) is 40.4. The first-order chi connectivity index (χ1) is 14.9. The van der Waals surface area contributed by atoms with Gasteiger partial charge in [-0.3, -0.25) is 19.5 Å². The molecule has 8 heteroatoms. The molecule has 3 aromatic rings.